The van der Waals surface area contributed by atoms with E-state index in [-0.39, 0.29) is 12.1 Å². The van der Waals surface area contributed by atoms with Crippen molar-refractivity contribution in [2.24, 2.45) is 7.05 Å². The van der Waals surface area contributed by atoms with Crippen molar-refractivity contribution in [1.82, 2.24) is 9.13 Å². The van der Waals surface area contributed by atoms with Gasteiger partial charge in [-0.25, -0.2) is 9.18 Å². The molecule has 0 saturated carbocycles. The first-order valence-electron chi connectivity index (χ1n) is 6.06. The van der Waals surface area contributed by atoms with Gasteiger partial charge < -0.3 is 0 Å². The van der Waals surface area contributed by atoms with Crippen LogP contribution in [0.15, 0.2) is 34.0 Å². The highest BCUT2D eigenvalue weighted by molar-refractivity contribution is 6.31. The lowest BCUT2D eigenvalue weighted by molar-refractivity contribution is 0.101. The van der Waals surface area contributed by atoms with Crippen molar-refractivity contribution in [2.45, 2.75) is 13.5 Å². The first-order valence-corrected chi connectivity index (χ1v) is 6.44. The van der Waals surface area contributed by atoms with Gasteiger partial charge in [0.05, 0.1) is 12.1 Å². The first kappa shape index (κ1) is 15.2. The normalized spacial score (nSPS) is 10.7. The predicted molar refractivity (Wildman–Crippen MR) is 76.5 cm³/mol. The van der Waals surface area contributed by atoms with Crippen LogP contribution in [0.4, 0.5) is 4.39 Å². The number of hydrogen-bond donors (Lipinski definition) is 0. The third-order valence-electron chi connectivity index (χ3n) is 3.08. The third-order valence-corrected chi connectivity index (χ3v) is 3.45. The molecule has 21 heavy (non-hydrogen) atoms. The van der Waals surface area contributed by atoms with Crippen molar-refractivity contribution in [1.29, 1.82) is 0 Å². The van der Waals surface area contributed by atoms with Gasteiger partial charge in [0, 0.05) is 18.3 Å². The summed E-state index contributed by atoms with van der Waals surface area (Å²) in [5.41, 5.74) is -0.990. The van der Waals surface area contributed by atoms with Gasteiger partial charge in [-0.1, -0.05) is 11.6 Å². The Morgan fingerprint density at radius 1 is 1.33 bits per heavy atom. The fourth-order valence-corrected chi connectivity index (χ4v) is 2.11. The molecule has 7 heteroatoms. The summed E-state index contributed by atoms with van der Waals surface area (Å²) in [5.74, 6) is -0.936. The Morgan fingerprint density at radius 2 is 2.00 bits per heavy atom. The first-order chi connectivity index (χ1) is 9.81. The molecule has 0 atom stereocenters. The number of hydrogen-bond acceptors (Lipinski definition) is 3. The van der Waals surface area contributed by atoms with Crippen molar-refractivity contribution in [2.75, 3.05) is 0 Å². The average Bonchev–Trinajstić information content (AvgIpc) is 2.43. The molecule has 0 aliphatic carbocycles. The summed E-state index contributed by atoms with van der Waals surface area (Å²) in [5, 5.41) is 0.293. The van der Waals surface area contributed by atoms with Crippen LogP contribution in [0.1, 0.15) is 22.8 Å². The summed E-state index contributed by atoms with van der Waals surface area (Å²) >= 11 is 5.95. The van der Waals surface area contributed by atoms with Crippen LogP contribution < -0.4 is 11.2 Å². The van der Waals surface area contributed by atoms with E-state index >= 15 is 0 Å². The van der Waals surface area contributed by atoms with E-state index in [1.807, 2.05) is 0 Å². The van der Waals surface area contributed by atoms with Crippen LogP contribution in [0.2, 0.25) is 5.02 Å². The Labute approximate surface area is 124 Å². The molecule has 2 rings (SSSR count). The summed E-state index contributed by atoms with van der Waals surface area (Å²) in [6.45, 7) is 1.20. The van der Waals surface area contributed by atoms with Crippen LogP contribution in [-0.2, 0) is 13.6 Å². The van der Waals surface area contributed by atoms with Crippen molar-refractivity contribution in [3.63, 3.8) is 0 Å². The second-order valence-electron chi connectivity index (χ2n) is 4.61. The van der Waals surface area contributed by atoms with E-state index in [9.17, 15) is 18.8 Å². The molecular weight excluding hydrogens is 299 g/mol. The monoisotopic (exact) mass is 310 g/mol. The highest BCUT2D eigenvalue weighted by Gasteiger charge is 2.13. The number of rotatable bonds is 3. The fourth-order valence-electron chi connectivity index (χ4n) is 1.93. The molecule has 110 valence electrons. The van der Waals surface area contributed by atoms with E-state index < -0.39 is 22.8 Å². The van der Waals surface area contributed by atoms with Gasteiger partial charge in [-0.3, -0.25) is 18.7 Å². The molecule has 1 aromatic heterocycles. The molecule has 0 fully saturated rings. The van der Waals surface area contributed by atoms with Crippen molar-refractivity contribution < 1.29 is 9.18 Å². The summed E-state index contributed by atoms with van der Waals surface area (Å²) in [7, 11) is 1.28. The second-order valence-corrected chi connectivity index (χ2v) is 5.02. The molecule has 0 amide bonds. The van der Waals surface area contributed by atoms with E-state index in [2.05, 4.69) is 0 Å². The molecule has 0 aliphatic heterocycles. The zero-order valence-electron chi connectivity index (χ0n) is 11.4. The minimum atomic E-state index is -0.658. The summed E-state index contributed by atoms with van der Waals surface area (Å²) in [6.07, 6.45) is 1.17. The number of Topliss-reactive ketones (excluding diaryl/α,β-unsaturated/α-hetero) is 1. The average molecular weight is 311 g/mol. The van der Waals surface area contributed by atoms with Gasteiger partial charge >= 0.3 is 5.69 Å². The molecule has 2 aromatic rings. The summed E-state index contributed by atoms with van der Waals surface area (Å²) < 4.78 is 15.2. The van der Waals surface area contributed by atoms with Gasteiger partial charge in [-0.2, -0.15) is 0 Å². The van der Waals surface area contributed by atoms with Gasteiger partial charge in [-0.15, -0.1) is 0 Å². The van der Waals surface area contributed by atoms with E-state index in [1.54, 1.807) is 0 Å². The zero-order chi connectivity index (χ0) is 15.7. The molecule has 1 aromatic carbocycles. The molecule has 0 saturated heterocycles. The Bertz CT molecular complexity index is 839. The third kappa shape index (κ3) is 2.95. The van der Waals surface area contributed by atoms with Gasteiger partial charge in [0.15, 0.2) is 5.78 Å². The molecule has 0 radical (unpaired) electrons. The van der Waals surface area contributed by atoms with Crippen LogP contribution >= 0.6 is 11.6 Å². The smallest absolute Gasteiger partial charge is 0.295 e. The maximum absolute atomic E-state index is 13.2. The van der Waals surface area contributed by atoms with E-state index in [4.69, 9.17) is 11.6 Å². The van der Waals surface area contributed by atoms with Crippen LogP contribution in [-0.4, -0.2) is 14.9 Å². The van der Waals surface area contributed by atoms with Crippen molar-refractivity contribution in [3.05, 3.63) is 67.2 Å². The Balaban J connectivity index is 2.60. The van der Waals surface area contributed by atoms with Crippen molar-refractivity contribution in [3.8, 4) is 0 Å². The number of carbonyl (C=O) groups is 1. The SMILES string of the molecule is CC(=O)c1cn(Cc2cc(F)ccc2Cl)c(=O)n(C)c1=O. The van der Waals surface area contributed by atoms with Crippen LogP contribution in [0.25, 0.3) is 0 Å². The molecule has 1 heterocycles. The predicted octanol–water partition coefficient (Wildman–Crippen LogP) is 1.59. The highest BCUT2D eigenvalue weighted by atomic mass is 35.5. The Morgan fingerprint density at radius 3 is 2.62 bits per heavy atom. The summed E-state index contributed by atoms with van der Waals surface area (Å²) in [6, 6.07) is 3.79. The molecule has 0 aliphatic rings. The molecule has 5 nitrogen and oxygen atoms in total. The highest BCUT2D eigenvalue weighted by Crippen LogP contribution is 2.17. The van der Waals surface area contributed by atoms with Crippen LogP contribution in [0.5, 0.6) is 0 Å². The van der Waals surface area contributed by atoms with Crippen LogP contribution in [0, 0.1) is 5.82 Å². The fraction of sp³-hybridized carbons (Fsp3) is 0.214. The second kappa shape index (κ2) is 5.65. The number of nitrogens with zero attached hydrogens (tertiary/aromatic N) is 2. The quantitative estimate of drug-likeness (QED) is 0.809. The van der Waals surface area contributed by atoms with E-state index in [0.717, 1.165) is 9.13 Å². The molecule has 0 bridgehead atoms. The van der Waals surface area contributed by atoms with Gasteiger partial charge in [0.25, 0.3) is 5.56 Å². The maximum Gasteiger partial charge on any atom is 0.331 e. The number of benzene rings is 1. The Hall–Kier alpha value is -2.21. The largest absolute Gasteiger partial charge is 0.331 e. The molecule has 0 N–H and O–H groups in total. The minimum Gasteiger partial charge on any atom is -0.295 e. The van der Waals surface area contributed by atoms with E-state index in [0.29, 0.717) is 10.6 Å². The number of aromatic nitrogens is 2. The topological polar surface area (TPSA) is 61.1 Å². The van der Waals surface area contributed by atoms with Gasteiger partial charge in [-0.05, 0) is 30.7 Å². The molecule has 0 spiro atoms. The lowest BCUT2D eigenvalue weighted by atomic mass is 10.2. The summed E-state index contributed by atoms with van der Waals surface area (Å²) in [4.78, 5) is 35.3. The molecule has 0 unspecified atom stereocenters. The Kier molecular flexibility index (Phi) is 4.09. The standard InChI is InChI=1S/C14H12ClFN2O3/c1-8(19)11-7-18(14(21)17(2)13(11)20)6-9-5-10(16)3-4-12(9)15/h3-5,7H,6H2,1-2H3. The van der Waals surface area contributed by atoms with Gasteiger partial charge in [0.1, 0.15) is 5.82 Å². The zero-order valence-corrected chi connectivity index (χ0v) is 12.1. The van der Waals surface area contributed by atoms with Crippen LogP contribution in [0.3, 0.4) is 0 Å². The molecular formula is C14H12ClFN2O3. The lowest BCUT2D eigenvalue weighted by Crippen LogP contribution is -2.40. The lowest BCUT2D eigenvalue weighted by Gasteiger charge is -2.10. The maximum atomic E-state index is 13.2. The van der Waals surface area contributed by atoms with Gasteiger partial charge in [0.2, 0.25) is 0 Å². The van der Waals surface area contributed by atoms with E-state index in [1.165, 1.54) is 38.4 Å². The number of halogens is 2. The number of ketones is 1. The number of carbonyl (C=O) groups excluding carboxylic acids is 1. The minimum absolute atomic E-state index is 0.0379. The van der Waals surface area contributed by atoms with Crippen molar-refractivity contribution >= 4 is 17.4 Å².